The van der Waals surface area contributed by atoms with Crippen LogP contribution in [-0.2, 0) is 6.42 Å². The van der Waals surface area contributed by atoms with Crippen LogP contribution in [0.3, 0.4) is 0 Å². The number of aryl methyl sites for hydroxylation is 1. The standard InChI is InChI=1S/C30H34FNO3/c1-20(32-15-14-21(17-31)18-32)19-35-27-10-4-23(5-11-27)30-28(22-2-7-25(33)8-3-22)12-6-24-16-26(34)9-13-29(24)30/h2-5,7-11,13,16,20-21,28,30,33-34H,6,12,14-15,17-19H2,1H3. The van der Waals surface area contributed by atoms with Gasteiger partial charge in [0.1, 0.15) is 23.9 Å². The van der Waals surface area contributed by atoms with Gasteiger partial charge in [0.15, 0.2) is 0 Å². The highest BCUT2D eigenvalue weighted by Crippen LogP contribution is 2.47. The summed E-state index contributed by atoms with van der Waals surface area (Å²) < 4.78 is 19.1. The molecule has 4 atom stereocenters. The lowest BCUT2D eigenvalue weighted by Crippen LogP contribution is -2.35. The predicted molar refractivity (Wildman–Crippen MR) is 136 cm³/mol. The smallest absolute Gasteiger partial charge is 0.119 e. The molecule has 4 unspecified atom stereocenters. The zero-order valence-corrected chi connectivity index (χ0v) is 20.2. The average molecular weight is 476 g/mol. The average Bonchev–Trinajstić information content (AvgIpc) is 3.37. The molecule has 0 spiro atoms. The molecule has 1 heterocycles. The van der Waals surface area contributed by atoms with Gasteiger partial charge in [-0.25, -0.2) is 0 Å². The molecule has 0 amide bonds. The van der Waals surface area contributed by atoms with Crippen LogP contribution >= 0.6 is 0 Å². The Hall–Kier alpha value is -3.05. The Kier molecular flexibility index (Phi) is 6.96. The second kappa shape index (κ2) is 10.3. The molecule has 0 saturated carbocycles. The first-order valence-electron chi connectivity index (χ1n) is 12.7. The molecular weight excluding hydrogens is 441 g/mol. The van der Waals surface area contributed by atoms with Crippen molar-refractivity contribution in [2.45, 2.75) is 44.1 Å². The SMILES string of the molecule is CC(COc1ccc(C2c3ccc(O)cc3CCC2c2ccc(O)cc2)cc1)N1CCC(CF)C1. The van der Waals surface area contributed by atoms with Crippen molar-refractivity contribution in [1.82, 2.24) is 4.90 Å². The molecule has 184 valence electrons. The number of nitrogens with zero attached hydrogens (tertiary/aromatic N) is 1. The van der Waals surface area contributed by atoms with Crippen molar-refractivity contribution < 1.29 is 19.3 Å². The topological polar surface area (TPSA) is 52.9 Å². The normalized spacial score (nSPS) is 23.1. The Morgan fingerprint density at radius 2 is 1.66 bits per heavy atom. The van der Waals surface area contributed by atoms with E-state index in [-0.39, 0.29) is 36.2 Å². The summed E-state index contributed by atoms with van der Waals surface area (Å²) in [4.78, 5) is 2.31. The predicted octanol–water partition coefficient (Wildman–Crippen LogP) is 6.02. The van der Waals surface area contributed by atoms with Crippen molar-refractivity contribution in [3.8, 4) is 17.2 Å². The molecular formula is C30H34FNO3. The number of fused-ring (bicyclic) bond motifs is 1. The van der Waals surface area contributed by atoms with E-state index in [1.54, 1.807) is 18.2 Å². The Labute approximate surface area is 207 Å². The van der Waals surface area contributed by atoms with Crippen LogP contribution in [0.4, 0.5) is 4.39 Å². The summed E-state index contributed by atoms with van der Waals surface area (Å²) in [5, 5.41) is 19.8. The van der Waals surface area contributed by atoms with Crippen LogP contribution in [0.25, 0.3) is 0 Å². The Morgan fingerprint density at radius 1 is 0.943 bits per heavy atom. The maximum Gasteiger partial charge on any atom is 0.119 e. The molecule has 1 fully saturated rings. The summed E-state index contributed by atoms with van der Waals surface area (Å²) in [7, 11) is 0. The number of rotatable bonds is 7. The van der Waals surface area contributed by atoms with E-state index in [9.17, 15) is 14.6 Å². The summed E-state index contributed by atoms with van der Waals surface area (Å²) in [5.41, 5.74) is 4.85. The maximum atomic E-state index is 13.0. The second-order valence-electron chi connectivity index (χ2n) is 10.1. The molecule has 5 heteroatoms. The summed E-state index contributed by atoms with van der Waals surface area (Å²) in [6.45, 7) is 4.24. The van der Waals surface area contributed by atoms with Crippen molar-refractivity contribution in [1.29, 1.82) is 0 Å². The van der Waals surface area contributed by atoms with Crippen LogP contribution in [0.15, 0.2) is 66.7 Å². The van der Waals surface area contributed by atoms with E-state index < -0.39 is 0 Å². The van der Waals surface area contributed by atoms with Gasteiger partial charge in [0.05, 0.1) is 6.67 Å². The van der Waals surface area contributed by atoms with Crippen LogP contribution in [0.2, 0.25) is 0 Å². The van der Waals surface area contributed by atoms with Crippen LogP contribution < -0.4 is 4.74 Å². The van der Waals surface area contributed by atoms with Crippen LogP contribution in [0.5, 0.6) is 17.2 Å². The van der Waals surface area contributed by atoms with Gasteiger partial charge < -0.3 is 14.9 Å². The summed E-state index contributed by atoms with van der Waals surface area (Å²) in [6.07, 6.45) is 2.81. The van der Waals surface area contributed by atoms with E-state index in [0.717, 1.165) is 38.1 Å². The van der Waals surface area contributed by atoms with E-state index in [4.69, 9.17) is 4.74 Å². The molecule has 1 saturated heterocycles. The van der Waals surface area contributed by atoms with Gasteiger partial charge >= 0.3 is 0 Å². The number of phenols is 2. The number of benzene rings is 3. The highest BCUT2D eigenvalue weighted by Gasteiger charge is 2.32. The maximum absolute atomic E-state index is 13.0. The molecule has 2 aliphatic rings. The highest BCUT2D eigenvalue weighted by molar-refractivity contribution is 5.48. The number of phenolic OH excluding ortho intramolecular Hbond substituents is 2. The van der Waals surface area contributed by atoms with Crippen molar-refractivity contribution in [3.05, 3.63) is 89.0 Å². The molecule has 1 aliphatic carbocycles. The van der Waals surface area contributed by atoms with Crippen molar-refractivity contribution in [2.75, 3.05) is 26.4 Å². The first kappa shape index (κ1) is 23.7. The molecule has 3 aromatic carbocycles. The molecule has 5 rings (SSSR count). The summed E-state index contributed by atoms with van der Waals surface area (Å²) >= 11 is 0. The van der Waals surface area contributed by atoms with E-state index in [0.29, 0.717) is 12.4 Å². The van der Waals surface area contributed by atoms with Gasteiger partial charge in [0.2, 0.25) is 0 Å². The summed E-state index contributed by atoms with van der Waals surface area (Å²) in [5.74, 6) is 2.01. The fourth-order valence-corrected chi connectivity index (χ4v) is 5.78. The Balaban J connectivity index is 1.35. The Morgan fingerprint density at radius 3 is 2.37 bits per heavy atom. The summed E-state index contributed by atoms with van der Waals surface area (Å²) in [6, 6.07) is 21.9. The molecule has 0 radical (unpaired) electrons. The number of halogens is 1. The molecule has 2 N–H and O–H groups in total. The van der Waals surface area contributed by atoms with Gasteiger partial charge in [-0.3, -0.25) is 9.29 Å². The van der Waals surface area contributed by atoms with Crippen LogP contribution in [0.1, 0.15) is 53.9 Å². The van der Waals surface area contributed by atoms with Gasteiger partial charge in [-0.05, 0) is 97.3 Å². The number of aromatic hydroxyl groups is 2. The number of likely N-dealkylation sites (tertiary alicyclic amines) is 1. The monoisotopic (exact) mass is 475 g/mol. The lowest BCUT2D eigenvalue weighted by atomic mass is 9.69. The third kappa shape index (κ3) is 5.15. The number of alkyl halides is 1. The van der Waals surface area contributed by atoms with Gasteiger partial charge in [0, 0.05) is 24.4 Å². The molecule has 1 aliphatic heterocycles. The van der Waals surface area contributed by atoms with Gasteiger partial charge in [-0.1, -0.05) is 30.3 Å². The first-order valence-corrected chi connectivity index (χ1v) is 12.7. The fourth-order valence-electron chi connectivity index (χ4n) is 5.78. The van der Waals surface area contributed by atoms with Crippen molar-refractivity contribution >= 4 is 0 Å². The Bertz CT molecular complexity index is 1130. The highest BCUT2D eigenvalue weighted by atomic mass is 19.1. The van der Waals surface area contributed by atoms with E-state index in [1.165, 1.54) is 22.3 Å². The quantitative estimate of drug-likeness (QED) is 0.439. The van der Waals surface area contributed by atoms with Gasteiger partial charge in [-0.2, -0.15) is 0 Å². The zero-order chi connectivity index (χ0) is 24.4. The number of ether oxygens (including phenoxy) is 1. The van der Waals surface area contributed by atoms with Crippen molar-refractivity contribution in [2.24, 2.45) is 5.92 Å². The third-order valence-corrected chi connectivity index (χ3v) is 7.80. The second-order valence-corrected chi connectivity index (χ2v) is 10.1. The largest absolute Gasteiger partial charge is 0.508 e. The first-order chi connectivity index (χ1) is 17.0. The minimum atomic E-state index is -0.236. The molecule has 0 aromatic heterocycles. The van der Waals surface area contributed by atoms with Gasteiger partial charge in [-0.15, -0.1) is 0 Å². The third-order valence-electron chi connectivity index (χ3n) is 7.80. The minimum absolute atomic E-state index is 0.152. The van der Waals surface area contributed by atoms with E-state index in [2.05, 4.69) is 30.0 Å². The molecule has 4 nitrogen and oxygen atoms in total. The van der Waals surface area contributed by atoms with Crippen LogP contribution in [0, 0.1) is 5.92 Å². The molecule has 3 aromatic rings. The molecule has 0 bridgehead atoms. The number of hydrogen-bond acceptors (Lipinski definition) is 4. The fraction of sp³-hybridized carbons (Fsp3) is 0.400. The minimum Gasteiger partial charge on any atom is -0.508 e. The van der Waals surface area contributed by atoms with Gasteiger partial charge in [0.25, 0.3) is 0 Å². The van der Waals surface area contributed by atoms with Crippen LogP contribution in [-0.4, -0.2) is 47.5 Å². The lowest BCUT2D eigenvalue weighted by molar-refractivity contribution is 0.165. The van der Waals surface area contributed by atoms with Crippen molar-refractivity contribution in [3.63, 3.8) is 0 Å². The lowest BCUT2D eigenvalue weighted by Gasteiger charge is -2.35. The molecule has 35 heavy (non-hydrogen) atoms. The van der Waals surface area contributed by atoms with E-state index in [1.807, 2.05) is 30.3 Å². The zero-order valence-electron chi connectivity index (χ0n) is 20.2. The number of hydrogen-bond donors (Lipinski definition) is 2. The van der Waals surface area contributed by atoms with E-state index >= 15 is 0 Å².